The molecule has 2 aromatic rings. The molecule has 1 aliphatic heterocycles. The molecule has 2 amide bonds. The van der Waals surface area contributed by atoms with Gasteiger partial charge >= 0.3 is 0 Å². The number of carbonyl (C=O) groups is 2. The van der Waals surface area contributed by atoms with Crippen molar-refractivity contribution in [3.8, 4) is 0 Å². The maximum absolute atomic E-state index is 12.9. The molecule has 0 bridgehead atoms. The Morgan fingerprint density at radius 1 is 1.40 bits per heavy atom. The first-order valence-electron chi connectivity index (χ1n) is 7.97. The minimum Gasteiger partial charge on any atom is -0.459 e. The zero-order valence-electron chi connectivity index (χ0n) is 14.4. The average molecular weight is 384 g/mol. The molecule has 0 saturated carbocycles. The number of nitrogens with one attached hydrogen (secondary N) is 2. The van der Waals surface area contributed by atoms with Crippen molar-refractivity contribution in [2.45, 2.75) is 32.9 Å². The molecular weight excluding hydrogens is 362 g/mol. The van der Waals surface area contributed by atoms with Gasteiger partial charge in [0.05, 0.1) is 16.1 Å². The number of piperazine rings is 1. The zero-order chi connectivity index (χ0) is 17.3. The summed E-state index contributed by atoms with van der Waals surface area (Å²) < 4.78 is 5.08. The number of aryl methyl sites for hydroxylation is 1. The molecule has 2 unspecified atom stereocenters. The molecule has 0 spiro atoms. The van der Waals surface area contributed by atoms with Gasteiger partial charge in [0, 0.05) is 25.2 Å². The van der Waals surface area contributed by atoms with E-state index >= 15 is 0 Å². The minimum atomic E-state index is -0.315. The number of halogens is 1. The number of anilines is 1. The van der Waals surface area contributed by atoms with Crippen LogP contribution in [-0.2, 0) is 0 Å². The van der Waals surface area contributed by atoms with Crippen LogP contribution in [0.2, 0.25) is 0 Å². The molecule has 6 nitrogen and oxygen atoms in total. The third-order valence-corrected chi connectivity index (χ3v) is 5.53. The zero-order valence-corrected chi connectivity index (χ0v) is 16.0. The predicted octanol–water partition coefficient (Wildman–Crippen LogP) is 3.15. The Labute approximate surface area is 157 Å². The lowest BCUT2D eigenvalue weighted by molar-refractivity contribution is 0.0607. The summed E-state index contributed by atoms with van der Waals surface area (Å²) in [6.07, 6.45) is 1.45. The fourth-order valence-corrected chi connectivity index (χ4v) is 3.83. The summed E-state index contributed by atoms with van der Waals surface area (Å²) in [5.41, 5.74) is 0.873. The lowest BCUT2D eigenvalue weighted by Crippen LogP contribution is -2.57. The molecule has 2 aromatic heterocycles. The number of hydrogen-bond donors (Lipinski definition) is 2. The van der Waals surface area contributed by atoms with E-state index in [1.165, 1.54) is 17.6 Å². The Morgan fingerprint density at radius 3 is 2.84 bits per heavy atom. The molecule has 1 fully saturated rings. The van der Waals surface area contributed by atoms with Gasteiger partial charge in [-0.3, -0.25) is 9.59 Å². The minimum absolute atomic E-state index is 0. The van der Waals surface area contributed by atoms with Crippen LogP contribution in [0, 0.1) is 6.92 Å². The second-order valence-corrected chi connectivity index (χ2v) is 7.09. The molecule has 3 rings (SSSR count). The third kappa shape index (κ3) is 4.05. The second kappa shape index (κ2) is 8.03. The van der Waals surface area contributed by atoms with E-state index in [2.05, 4.69) is 24.5 Å². The van der Waals surface area contributed by atoms with Gasteiger partial charge in [-0.15, -0.1) is 23.7 Å². The van der Waals surface area contributed by atoms with Crippen LogP contribution in [-0.4, -0.2) is 41.9 Å². The van der Waals surface area contributed by atoms with Gasteiger partial charge in [-0.1, -0.05) is 0 Å². The summed E-state index contributed by atoms with van der Waals surface area (Å²) in [5.74, 6) is -0.0419. The van der Waals surface area contributed by atoms with E-state index in [1.807, 2.05) is 17.9 Å². The van der Waals surface area contributed by atoms with E-state index in [0.29, 0.717) is 16.4 Å². The topological polar surface area (TPSA) is 74.6 Å². The van der Waals surface area contributed by atoms with Crippen molar-refractivity contribution in [2.24, 2.45) is 0 Å². The lowest BCUT2D eigenvalue weighted by Gasteiger charge is -2.38. The van der Waals surface area contributed by atoms with Crippen LogP contribution in [0.25, 0.3) is 0 Å². The Bertz CT molecular complexity index is 744. The highest BCUT2D eigenvalue weighted by molar-refractivity contribution is 7.18. The van der Waals surface area contributed by atoms with Gasteiger partial charge in [0.2, 0.25) is 0 Å². The first-order chi connectivity index (χ1) is 11.5. The largest absolute Gasteiger partial charge is 0.459 e. The Balaban J connectivity index is 0.00000225. The van der Waals surface area contributed by atoms with E-state index in [9.17, 15) is 9.59 Å². The van der Waals surface area contributed by atoms with Crippen molar-refractivity contribution in [3.63, 3.8) is 0 Å². The number of carbonyl (C=O) groups excluding carboxylic acids is 2. The summed E-state index contributed by atoms with van der Waals surface area (Å²) in [6.45, 7) is 7.51. The predicted molar refractivity (Wildman–Crippen MR) is 101 cm³/mol. The van der Waals surface area contributed by atoms with E-state index in [4.69, 9.17) is 4.42 Å². The Hall–Kier alpha value is -1.83. The summed E-state index contributed by atoms with van der Waals surface area (Å²) in [5, 5.41) is 6.80. The number of nitrogens with zero attached hydrogens (tertiary/aromatic N) is 1. The lowest BCUT2D eigenvalue weighted by atomic mass is 10.1. The van der Waals surface area contributed by atoms with E-state index in [0.717, 1.165) is 12.1 Å². The van der Waals surface area contributed by atoms with Crippen LogP contribution in [0.15, 0.2) is 28.9 Å². The van der Waals surface area contributed by atoms with E-state index in [1.54, 1.807) is 12.1 Å². The number of amides is 2. The molecule has 0 radical (unpaired) electrons. The van der Waals surface area contributed by atoms with Gasteiger partial charge in [0.15, 0.2) is 5.76 Å². The molecule has 8 heteroatoms. The number of furan rings is 1. The summed E-state index contributed by atoms with van der Waals surface area (Å²) in [4.78, 5) is 27.5. The van der Waals surface area contributed by atoms with Gasteiger partial charge in [-0.2, -0.15) is 0 Å². The van der Waals surface area contributed by atoms with Gasteiger partial charge in [0.25, 0.3) is 11.8 Å². The number of thiophene rings is 1. The van der Waals surface area contributed by atoms with Crippen LogP contribution < -0.4 is 10.6 Å². The molecule has 2 N–H and O–H groups in total. The van der Waals surface area contributed by atoms with E-state index in [-0.39, 0.29) is 42.1 Å². The van der Waals surface area contributed by atoms with Gasteiger partial charge < -0.3 is 20.0 Å². The average Bonchev–Trinajstić information content (AvgIpc) is 3.19. The van der Waals surface area contributed by atoms with Crippen molar-refractivity contribution in [3.05, 3.63) is 40.7 Å². The first kappa shape index (κ1) is 19.5. The third-order valence-electron chi connectivity index (χ3n) is 4.39. The summed E-state index contributed by atoms with van der Waals surface area (Å²) in [7, 11) is 0. The highest BCUT2D eigenvalue weighted by Crippen LogP contribution is 2.29. The summed E-state index contributed by atoms with van der Waals surface area (Å²) in [6, 6.07) is 5.49. The van der Waals surface area contributed by atoms with Gasteiger partial charge in [-0.25, -0.2) is 0 Å². The van der Waals surface area contributed by atoms with Crippen LogP contribution >= 0.6 is 23.7 Å². The smallest absolute Gasteiger partial charge is 0.291 e. The standard InChI is InChI=1S/C17H21N3O3S.ClH/c1-10-9-14(19-16(21)13-5-4-8-23-13)24-15(10)17(22)20-7-6-18-11(2)12(20)3;/h4-5,8-9,11-12,18H,6-7H2,1-3H3,(H,19,21);1H. The number of rotatable bonds is 3. The van der Waals surface area contributed by atoms with Crippen molar-refractivity contribution in [2.75, 3.05) is 18.4 Å². The van der Waals surface area contributed by atoms with Crippen LogP contribution in [0.5, 0.6) is 0 Å². The SMILES string of the molecule is Cc1cc(NC(=O)c2ccco2)sc1C(=O)N1CCNC(C)C1C.Cl. The second-order valence-electron chi connectivity index (χ2n) is 6.04. The molecule has 3 heterocycles. The number of hydrogen-bond acceptors (Lipinski definition) is 5. The fourth-order valence-electron chi connectivity index (χ4n) is 2.81. The normalized spacial score (nSPS) is 20.0. The molecular formula is C17H22ClN3O3S. The molecule has 1 saturated heterocycles. The Kier molecular flexibility index (Phi) is 6.26. The molecule has 2 atom stereocenters. The molecule has 0 aliphatic carbocycles. The van der Waals surface area contributed by atoms with Gasteiger partial charge in [-0.05, 0) is 44.5 Å². The highest BCUT2D eigenvalue weighted by Gasteiger charge is 2.30. The maximum Gasteiger partial charge on any atom is 0.291 e. The fraction of sp³-hybridized carbons (Fsp3) is 0.412. The van der Waals surface area contributed by atoms with E-state index < -0.39 is 0 Å². The molecule has 25 heavy (non-hydrogen) atoms. The summed E-state index contributed by atoms with van der Waals surface area (Å²) >= 11 is 1.30. The van der Waals surface area contributed by atoms with Crippen LogP contribution in [0.4, 0.5) is 5.00 Å². The van der Waals surface area contributed by atoms with Crippen molar-refractivity contribution >= 4 is 40.6 Å². The maximum atomic E-state index is 12.9. The Morgan fingerprint density at radius 2 is 2.16 bits per heavy atom. The molecule has 136 valence electrons. The van der Waals surface area contributed by atoms with Crippen molar-refractivity contribution < 1.29 is 14.0 Å². The molecule has 0 aromatic carbocycles. The highest BCUT2D eigenvalue weighted by atomic mass is 35.5. The van der Waals surface area contributed by atoms with Crippen LogP contribution in [0.1, 0.15) is 39.6 Å². The quantitative estimate of drug-likeness (QED) is 0.853. The van der Waals surface area contributed by atoms with Gasteiger partial charge in [0.1, 0.15) is 0 Å². The first-order valence-corrected chi connectivity index (χ1v) is 8.78. The molecule has 1 aliphatic rings. The van der Waals surface area contributed by atoms with Crippen molar-refractivity contribution in [1.29, 1.82) is 0 Å². The van der Waals surface area contributed by atoms with Crippen LogP contribution in [0.3, 0.4) is 0 Å². The van der Waals surface area contributed by atoms with Crippen molar-refractivity contribution in [1.82, 2.24) is 10.2 Å². The monoisotopic (exact) mass is 383 g/mol.